The summed E-state index contributed by atoms with van der Waals surface area (Å²) in [4.78, 5) is 16.6. The van der Waals surface area contributed by atoms with Crippen LogP contribution in [-0.2, 0) is 47.4 Å². The lowest BCUT2D eigenvalue weighted by molar-refractivity contribution is -0.142. The first-order chi connectivity index (χ1) is 24.2. The monoisotopic (exact) mass is 825 g/mol. The highest BCUT2D eigenvalue weighted by atomic mass is 35.5. The zero-order valence-electron chi connectivity index (χ0n) is 27.9. The number of sulfonamides is 1. The Morgan fingerprint density at radius 3 is 2.15 bits per heavy atom. The van der Waals surface area contributed by atoms with E-state index in [2.05, 4.69) is 21.9 Å². The molecule has 0 aliphatic rings. The number of hydrogen-bond donors (Lipinski definition) is 2. The van der Waals surface area contributed by atoms with E-state index in [0.717, 1.165) is 24.5 Å². The Bertz CT molecular complexity index is 2500. The lowest BCUT2D eigenvalue weighted by Gasteiger charge is -2.21. The van der Waals surface area contributed by atoms with Gasteiger partial charge in [0.15, 0.2) is 25.8 Å². The molecule has 4 aromatic rings. The third-order valence-electron chi connectivity index (χ3n) is 7.45. The van der Waals surface area contributed by atoms with Gasteiger partial charge in [0.2, 0.25) is 5.03 Å². The zero-order chi connectivity index (χ0) is 39.9. The average molecular weight is 826 g/mol. The summed E-state index contributed by atoms with van der Waals surface area (Å²) < 4.78 is 151. The van der Waals surface area contributed by atoms with Crippen molar-refractivity contribution in [3.8, 4) is 23.0 Å². The fraction of sp³-hybridized carbons (Fsp3) is 0.323. The number of nitrogens with two attached hydrogens (primary N) is 1. The van der Waals surface area contributed by atoms with Gasteiger partial charge in [-0.15, -0.1) is 0 Å². The van der Waals surface area contributed by atoms with Crippen LogP contribution in [-0.4, -0.2) is 75.4 Å². The van der Waals surface area contributed by atoms with Gasteiger partial charge in [-0.1, -0.05) is 23.6 Å². The van der Waals surface area contributed by atoms with E-state index >= 15 is 0 Å². The molecule has 3 N–H and O–H groups in total. The summed E-state index contributed by atoms with van der Waals surface area (Å²) in [5.41, 5.74) is 3.80. The minimum Gasteiger partial charge on any atom is -0.439 e. The van der Waals surface area contributed by atoms with Crippen LogP contribution in [0.2, 0.25) is 5.02 Å². The third kappa shape index (κ3) is 10.2. The number of rotatable bonds is 11. The number of nitrogens with one attached hydrogen (secondary N) is 1. The molecule has 2 heterocycles. The quantitative estimate of drug-likeness (QED) is 0.161. The SMILES string of the molecule is CC(C)(C#Cc1ccc(-c2ccc(Cl)c3c(S(=O)(=O)NCS(C)(=O)=O)nn(CC(F)(F)F)c23)c([C@H](Cc2cc(F)cc(F)c2)OC(N)=O)n1)S(C)(=O)=O. The number of nitrogens with zero attached hydrogens (tertiary/aromatic N) is 3. The second-order valence-corrected chi connectivity index (χ2v) is 19.0. The van der Waals surface area contributed by atoms with Gasteiger partial charge in [0, 0.05) is 36.1 Å². The molecule has 0 bridgehead atoms. The predicted molar refractivity (Wildman–Crippen MR) is 183 cm³/mol. The maximum atomic E-state index is 14.2. The van der Waals surface area contributed by atoms with Gasteiger partial charge in [-0.2, -0.15) is 23.0 Å². The first-order valence-corrected chi connectivity index (χ1v) is 20.6. The van der Waals surface area contributed by atoms with Crippen LogP contribution in [0.5, 0.6) is 0 Å². The number of hydrogen-bond acceptors (Lipinski definition) is 10. The number of halogens is 6. The first kappa shape index (κ1) is 41.4. The molecule has 0 aliphatic heterocycles. The number of ether oxygens (including phenoxy) is 1. The fourth-order valence-electron chi connectivity index (χ4n) is 4.79. The molecule has 0 saturated heterocycles. The summed E-state index contributed by atoms with van der Waals surface area (Å²) in [6.45, 7) is 0.741. The van der Waals surface area contributed by atoms with Crippen LogP contribution in [0.25, 0.3) is 22.0 Å². The van der Waals surface area contributed by atoms with E-state index in [0.29, 0.717) is 12.3 Å². The highest BCUT2D eigenvalue weighted by Gasteiger charge is 2.35. The lowest BCUT2D eigenvalue weighted by Crippen LogP contribution is -2.30. The highest BCUT2D eigenvalue weighted by Crippen LogP contribution is 2.41. The van der Waals surface area contributed by atoms with Crippen molar-refractivity contribution in [3.05, 3.63) is 76.1 Å². The summed E-state index contributed by atoms with van der Waals surface area (Å²) in [6, 6.07) is 7.10. The molecule has 286 valence electrons. The summed E-state index contributed by atoms with van der Waals surface area (Å²) >= 11 is 6.37. The highest BCUT2D eigenvalue weighted by molar-refractivity contribution is 7.93. The number of pyridine rings is 1. The van der Waals surface area contributed by atoms with Crippen LogP contribution in [0.4, 0.5) is 26.7 Å². The molecule has 2 aromatic heterocycles. The maximum absolute atomic E-state index is 14.2. The normalized spacial score (nSPS) is 13.4. The Kier molecular flexibility index (Phi) is 11.6. The van der Waals surface area contributed by atoms with E-state index < -0.39 is 104 Å². The number of fused-ring (bicyclic) bond motifs is 1. The topological polar surface area (TPSA) is 197 Å². The van der Waals surface area contributed by atoms with Gasteiger partial charge in [0.25, 0.3) is 10.0 Å². The Hall–Kier alpha value is -4.36. The van der Waals surface area contributed by atoms with Crippen LogP contribution in [0, 0.1) is 23.5 Å². The summed E-state index contributed by atoms with van der Waals surface area (Å²) in [5.74, 6) is 1.98. The van der Waals surface area contributed by atoms with Gasteiger partial charge in [-0.25, -0.2) is 43.8 Å². The average Bonchev–Trinajstić information content (AvgIpc) is 3.37. The number of aromatic nitrogens is 3. The second kappa shape index (κ2) is 14.8. The molecule has 0 unspecified atom stereocenters. The van der Waals surface area contributed by atoms with Crippen LogP contribution in [0.1, 0.15) is 36.9 Å². The number of amides is 1. The molecule has 4 rings (SSSR count). The van der Waals surface area contributed by atoms with Crippen molar-refractivity contribution in [2.24, 2.45) is 5.73 Å². The Morgan fingerprint density at radius 1 is 1.00 bits per heavy atom. The Labute approximate surface area is 305 Å². The van der Waals surface area contributed by atoms with Gasteiger partial charge in [0.1, 0.15) is 34.5 Å². The zero-order valence-corrected chi connectivity index (χ0v) is 31.1. The third-order valence-corrected chi connectivity index (χ3v) is 11.9. The molecule has 53 heavy (non-hydrogen) atoms. The molecule has 0 radical (unpaired) electrons. The molecule has 2 aromatic carbocycles. The van der Waals surface area contributed by atoms with Gasteiger partial charge in [-0.05, 0) is 55.7 Å². The molecule has 1 amide bonds. The number of carbonyl (C=O) groups excluding carboxylic acids is 1. The predicted octanol–water partition coefficient (Wildman–Crippen LogP) is 4.43. The van der Waals surface area contributed by atoms with Gasteiger partial charge < -0.3 is 10.5 Å². The van der Waals surface area contributed by atoms with Crippen molar-refractivity contribution >= 4 is 58.3 Å². The van der Waals surface area contributed by atoms with E-state index in [9.17, 15) is 52.0 Å². The van der Waals surface area contributed by atoms with E-state index in [-0.39, 0.29) is 32.8 Å². The number of benzene rings is 2. The van der Waals surface area contributed by atoms with Crippen molar-refractivity contribution in [2.75, 3.05) is 18.4 Å². The molecule has 13 nitrogen and oxygen atoms in total. The molecule has 0 aliphatic carbocycles. The largest absolute Gasteiger partial charge is 0.439 e. The van der Waals surface area contributed by atoms with Crippen molar-refractivity contribution in [1.82, 2.24) is 19.5 Å². The molecule has 0 spiro atoms. The van der Waals surface area contributed by atoms with Crippen molar-refractivity contribution in [2.45, 2.75) is 48.9 Å². The van der Waals surface area contributed by atoms with Crippen molar-refractivity contribution < 1.29 is 56.7 Å². The molecule has 0 saturated carbocycles. The standard InChI is InChI=1S/C31H29ClF5N5O8S3/c1-30(2,52(4,46)47)10-9-20-5-6-21(26(40-20)24(50-29(38)43)13-17-11-18(33)14-19(34)12-17)22-7-8-23(32)25-27(22)42(15-31(35,36)37)41-28(25)53(48,49)39-16-51(3,44)45/h5-8,11-12,14,24,39H,13,15-16H2,1-4H3,(H2,38,43)/t24-/m0/s1. The summed E-state index contributed by atoms with van der Waals surface area (Å²) in [5, 5.41) is 1.63. The van der Waals surface area contributed by atoms with Gasteiger partial charge in [0.05, 0.1) is 21.6 Å². The van der Waals surface area contributed by atoms with Crippen LogP contribution >= 0.6 is 11.6 Å². The van der Waals surface area contributed by atoms with Crippen molar-refractivity contribution in [1.29, 1.82) is 0 Å². The lowest BCUT2D eigenvalue weighted by atomic mass is 9.95. The Balaban J connectivity index is 2.11. The minimum atomic E-state index is -5.01. The fourth-order valence-corrected chi connectivity index (χ4v) is 7.62. The van der Waals surface area contributed by atoms with E-state index in [1.807, 2.05) is 0 Å². The van der Waals surface area contributed by atoms with Crippen LogP contribution < -0.4 is 10.5 Å². The molecule has 0 fully saturated rings. The number of sulfone groups is 2. The number of alkyl halides is 3. The smallest absolute Gasteiger partial charge is 0.408 e. The van der Waals surface area contributed by atoms with Gasteiger partial charge in [-0.3, -0.25) is 4.68 Å². The summed E-state index contributed by atoms with van der Waals surface area (Å²) in [6.07, 6.45) is -6.96. The van der Waals surface area contributed by atoms with E-state index in [1.165, 1.54) is 32.0 Å². The maximum Gasteiger partial charge on any atom is 0.408 e. The van der Waals surface area contributed by atoms with Gasteiger partial charge >= 0.3 is 12.3 Å². The number of carbonyl (C=O) groups is 1. The molecule has 1 atom stereocenters. The molecule has 22 heteroatoms. The van der Waals surface area contributed by atoms with E-state index in [4.69, 9.17) is 22.1 Å². The van der Waals surface area contributed by atoms with Crippen molar-refractivity contribution in [3.63, 3.8) is 0 Å². The van der Waals surface area contributed by atoms with Crippen LogP contribution in [0.15, 0.2) is 47.5 Å². The molecular formula is C31H29ClF5N5O8S3. The van der Waals surface area contributed by atoms with Crippen LogP contribution in [0.3, 0.4) is 0 Å². The van der Waals surface area contributed by atoms with E-state index in [1.54, 1.807) is 4.72 Å². The second-order valence-electron chi connectivity index (χ2n) is 12.2. The molecular weight excluding hydrogens is 797 g/mol. The minimum absolute atomic E-state index is 0.0927. The first-order valence-electron chi connectivity index (χ1n) is 14.8. The number of primary amides is 1. The summed E-state index contributed by atoms with van der Waals surface area (Å²) in [7, 11) is -12.7. The Morgan fingerprint density at radius 2 is 1.60 bits per heavy atom.